The minimum Gasteiger partial charge on any atom is -0.481 e. The fourth-order valence-electron chi connectivity index (χ4n) is 2.45. The molecule has 0 aromatic rings. The number of carboxylic acid groups (broad SMARTS) is 1. The normalized spacial score (nSPS) is 31.4. The van der Waals surface area contributed by atoms with E-state index in [4.69, 9.17) is 5.11 Å². The highest BCUT2D eigenvalue weighted by atomic mass is 16.4. The summed E-state index contributed by atoms with van der Waals surface area (Å²) in [5, 5.41) is 8.72. The van der Waals surface area contributed by atoms with Crippen molar-refractivity contribution in [3.05, 3.63) is 0 Å². The molecular formula is C11H21NO2. The van der Waals surface area contributed by atoms with E-state index in [1.54, 1.807) is 0 Å². The van der Waals surface area contributed by atoms with Crippen LogP contribution in [0.1, 0.15) is 33.6 Å². The van der Waals surface area contributed by atoms with Crippen LogP contribution in [0.15, 0.2) is 0 Å². The summed E-state index contributed by atoms with van der Waals surface area (Å²) in [7, 11) is 0. The van der Waals surface area contributed by atoms with Crippen molar-refractivity contribution in [1.82, 2.24) is 4.90 Å². The van der Waals surface area contributed by atoms with E-state index in [1.807, 2.05) is 6.92 Å². The topological polar surface area (TPSA) is 40.5 Å². The van der Waals surface area contributed by atoms with Crippen LogP contribution >= 0.6 is 0 Å². The van der Waals surface area contributed by atoms with Gasteiger partial charge in [-0.3, -0.25) is 9.69 Å². The summed E-state index contributed by atoms with van der Waals surface area (Å²) in [6.45, 7) is 8.61. The second-order valence-electron chi connectivity index (χ2n) is 4.85. The van der Waals surface area contributed by atoms with Crippen molar-refractivity contribution in [1.29, 1.82) is 0 Å². The summed E-state index contributed by atoms with van der Waals surface area (Å²) in [4.78, 5) is 12.9. The third-order valence-corrected chi connectivity index (χ3v) is 2.99. The Morgan fingerprint density at radius 3 is 2.36 bits per heavy atom. The van der Waals surface area contributed by atoms with Crippen LogP contribution in [0, 0.1) is 11.8 Å². The molecule has 1 fully saturated rings. The largest absolute Gasteiger partial charge is 0.481 e. The lowest BCUT2D eigenvalue weighted by molar-refractivity contribution is -0.138. The van der Waals surface area contributed by atoms with Gasteiger partial charge in [0.1, 0.15) is 0 Å². The molecule has 3 unspecified atom stereocenters. The molecule has 0 aliphatic carbocycles. The first-order valence-electron chi connectivity index (χ1n) is 5.45. The van der Waals surface area contributed by atoms with Crippen LogP contribution in [0.4, 0.5) is 0 Å². The van der Waals surface area contributed by atoms with Gasteiger partial charge in [-0.05, 0) is 25.2 Å². The monoisotopic (exact) mass is 199 g/mol. The lowest BCUT2D eigenvalue weighted by atomic mass is 9.90. The Hall–Kier alpha value is -0.570. The van der Waals surface area contributed by atoms with Crippen molar-refractivity contribution in [3.8, 4) is 0 Å². The highest BCUT2D eigenvalue weighted by Crippen LogP contribution is 2.23. The first-order valence-corrected chi connectivity index (χ1v) is 5.45. The van der Waals surface area contributed by atoms with E-state index in [2.05, 4.69) is 18.7 Å². The third kappa shape index (κ3) is 3.29. The molecule has 0 radical (unpaired) electrons. The molecular weight excluding hydrogens is 178 g/mol. The molecule has 1 aliphatic heterocycles. The molecule has 1 heterocycles. The molecule has 82 valence electrons. The number of piperidine rings is 1. The maximum Gasteiger partial charge on any atom is 0.304 e. The SMILES string of the molecule is CC1CC(C)CN(C(C)CC(=O)O)C1. The van der Waals surface area contributed by atoms with Gasteiger partial charge in [0.2, 0.25) is 0 Å². The van der Waals surface area contributed by atoms with E-state index < -0.39 is 5.97 Å². The molecule has 3 nitrogen and oxygen atoms in total. The van der Waals surface area contributed by atoms with Gasteiger partial charge in [-0.1, -0.05) is 13.8 Å². The maximum absolute atomic E-state index is 10.6. The lowest BCUT2D eigenvalue weighted by Crippen LogP contribution is -2.44. The van der Waals surface area contributed by atoms with Crippen LogP contribution in [-0.4, -0.2) is 35.1 Å². The van der Waals surface area contributed by atoms with E-state index in [0.29, 0.717) is 11.8 Å². The van der Waals surface area contributed by atoms with Crippen molar-refractivity contribution in [3.63, 3.8) is 0 Å². The molecule has 1 aliphatic rings. The highest BCUT2D eigenvalue weighted by molar-refractivity contribution is 5.67. The smallest absolute Gasteiger partial charge is 0.304 e. The number of hydrogen-bond acceptors (Lipinski definition) is 2. The predicted octanol–water partition coefficient (Wildman–Crippen LogP) is 1.83. The predicted molar refractivity (Wildman–Crippen MR) is 56.2 cm³/mol. The van der Waals surface area contributed by atoms with E-state index >= 15 is 0 Å². The Labute approximate surface area is 86.1 Å². The Morgan fingerprint density at radius 2 is 1.93 bits per heavy atom. The minimum absolute atomic E-state index is 0.178. The van der Waals surface area contributed by atoms with Crippen LogP contribution in [0.5, 0.6) is 0 Å². The Morgan fingerprint density at radius 1 is 1.43 bits per heavy atom. The van der Waals surface area contributed by atoms with Gasteiger partial charge in [-0.2, -0.15) is 0 Å². The molecule has 0 amide bonds. The van der Waals surface area contributed by atoms with Gasteiger partial charge in [-0.25, -0.2) is 0 Å². The average Bonchev–Trinajstić information content (AvgIpc) is 2.00. The molecule has 1 rings (SSSR count). The molecule has 14 heavy (non-hydrogen) atoms. The van der Waals surface area contributed by atoms with Crippen LogP contribution in [0.3, 0.4) is 0 Å². The maximum atomic E-state index is 10.6. The second-order valence-corrected chi connectivity index (χ2v) is 4.85. The summed E-state index contributed by atoms with van der Waals surface area (Å²) in [6, 6.07) is 0.178. The van der Waals surface area contributed by atoms with Crippen molar-refractivity contribution in [2.45, 2.75) is 39.7 Å². The van der Waals surface area contributed by atoms with Crippen molar-refractivity contribution in [2.24, 2.45) is 11.8 Å². The first kappa shape index (κ1) is 11.5. The van der Waals surface area contributed by atoms with E-state index in [9.17, 15) is 4.79 Å². The van der Waals surface area contributed by atoms with Crippen molar-refractivity contribution >= 4 is 5.97 Å². The zero-order valence-corrected chi connectivity index (χ0v) is 9.36. The summed E-state index contributed by atoms with van der Waals surface area (Å²) in [5.41, 5.74) is 0. The zero-order valence-electron chi connectivity index (χ0n) is 9.36. The minimum atomic E-state index is -0.691. The van der Waals surface area contributed by atoms with Gasteiger partial charge in [-0.15, -0.1) is 0 Å². The Balaban J connectivity index is 2.46. The fraction of sp³-hybridized carbons (Fsp3) is 0.909. The van der Waals surface area contributed by atoms with E-state index in [-0.39, 0.29) is 12.5 Å². The first-order chi connectivity index (χ1) is 6.49. The van der Waals surface area contributed by atoms with Gasteiger partial charge in [0.05, 0.1) is 6.42 Å². The molecule has 3 heteroatoms. The molecule has 1 N–H and O–H groups in total. The molecule has 1 saturated heterocycles. The highest BCUT2D eigenvalue weighted by Gasteiger charge is 2.25. The van der Waals surface area contributed by atoms with Gasteiger partial charge in [0.25, 0.3) is 0 Å². The average molecular weight is 199 g/mol. The van der Waals surface area contributed by atoms with Crippen LogP contribution in [0.25, 0.3) is 0 Å². The molecule has 0 saturated carbocycles. The van der Waals surface area contributed by atoms with Crippen LogP contribution < -0.4 is 0 Å². The summed E-state index contributed by atoms with van der Waals surface area (Å²) >= 11 is 0. The summed E-state index contributed by atoms with van der Waals surface area (Å²) in [6.07, 6.45) is 1.54. The molecule has 0 spiro atoms. The quantitative estimate of drug-likeness (QED) is 0.754. The molecule has 0 aromatic carbocycles. The fourth-order valence-corrected chi connectivity index (χ4v) is 2.45. The second kappa shape index (κ2) is 4.78. The van der Waals surface area contributed by atoms with Gasteiger partial charge < -0.3 is 5.11 Å². The number of hydrogen-bond donors (Lipinski definition) is 1. The van der Waals surface area contributed by atoms with E-state index in [0.717, 1.165) is 13.1 Å². The number of likely N-dealkylation sites (tertiary alicyclic amines) is 1. The number of aliphatic carboxylic acids is 1. The van der Waals surface area contributed by atoms with Crippen LogP contribution in [-0.2, 0) is 4.79 Å². The van der Waals surface area contributed by atoms with Gasteiger partial charge in [0, 0.05) is 19.1 Å². The van der Waals surface area contributed by atoms with Crippen molar-refractivity contribution < 1.29 is 9.90 Å². The lowest BCUT2D eigenvalue weighted by Gasteiger charge is -2.38. The van der Waals surface area contributed by atoms with E-state index in [1.165, 1.54) is 6.42 Å². The van der Waals surface area contributed by atoms with Crippen molar-refractivity contribution in [2.75, 3.05) is 13.1 Å². The molecule has 0 bridgehead atoms. The number of nitrogens with zero attached hydrogens (tertiary/aromatic N) is 1. The third-order valence-electron chi connectivity index (χ3n) is 2.99. The number of rotatable bonds is 3. The molecule has 0 aromatic heterocycles. The molecule has 3 atom stereocenters. The Bertz CT molecular complexity index is 195. The standard InChI is InChI=1S/C11H21NO2/c1-8-4-9(2)7-12(6-8)10(3)5-11(13)14/h8-10H,4-7H2,1-3H3,(H,13,14). The Kier molecular flexibility index (Phi) is 3.93. The zero-order chi connectivity index (χ0) is 10.7. The number of carbonyl (C=O) groups is 1. The van der Waals surface area contributed by atoms with Gasteiger partial charge >= 0.3 is 5.97 Å². The number of carboxylic acids is 1. The van der Waals surface area contributed by atoms with Crippen LogP contribution in [0.2, 0.25) is 0 Å². The summed E-state index contributed by atoms with van der Waals surface area (Å²) in [5.74, 6) is 0.716. The van der Waals surface area contributed by atoms with Gasteiger partial charge in [0.15, 0.2) is 0 Å². The summed E-state index contributed by atoms with van der Waals surface area (Å²) < 4.78 is 0.